The Hall–Kier alpha value is -8.35. The summed E-state index contributed by atoms with van der Waals surface area (Å²) in [6, 6.07) is 72.3. The lowest BCUT2D eigenvalue weighted by molar-refractivity contribution is 0.669. The SMILES string of the molecule is c1ccc(-c2ccc(-c3nc(-c4ccccc4)nc(-c4cccc(-c5ccc(-c6cc(-c7ccc8c(c7)oc7ccccc78)nc(-c7ccccc7)n6)cc5)c4)n3)cc2)cc1. The van der Waals surface area contributed by atoms with Crippen LogP contribution < -0.4 is 0 Å². The van der Waals surface area contributed by atoms with Crippen LogP contribution in [0.5, 0.6) is 0 Å². The monoisotopic (exact) mass is 781 g/mol. The van der Waals surface area contributed by atoms with E-state index < -0.39 is 0 Å². The summed E-state index contributed by atoms with van der Waals surface area (Å²) in [6.45, 7) is 0. The fraction of sp³-hybridized carbons (Fsp3) is 0. The predicted molar refractivity (Wildman–Crippen MR) is 246 cm³/mol. The van der Waals surface area contributed by atoms with Crippen LogP contribution in [0, 0.1) is 0 Å². The number of fused-ring (bicyclic) bond motifs is 3. The van der Waals surface area contributed by atoms with E-state index in [0.717, 1.165) is 89.0 Å². The maximum absolute atomic E-state index is 6.25. The Balaban J connectivity index is 0.941. The number of benzene rings is 8. The second kappa shape index (κ2) is 15.4. The van der Waals surface area contributed by atoms with Crippen LogP contribution in [0.2, 0.25) is 0 Å². The van der Waals surface area contributed by atoms with Gasteiger partial charge in [0, 0.05) is 44.2 Å². The first-order valence-electron chi connectivity index (χ1n) is 20.2. The van der Waals surface area contributed by atoms with E-state index in [4.69, 9.17) is 29.3 Å². The summed E-state index contributed by atoms with van der Waals surface area (Å²) in [6.07, 6.45) is 0. The molecule has 0 aliphatic carbocycles. The summed E-state index contributed by atoms with van der Waals surface area (Å²) < 4.78 is 6.25. The summed E-state index contributed by atoms with van der Waals surface area (Å²) in [5.74, 6) is 2.51. The van der Waals surface area contributed by atoms with Gasteiger partial charge in [0.1, 0.15) is 11.2 Å². The average Bonchev–Trinajstić information content (AvgIpc) is 3.73. The third kappa shape index (κ3) is 7.13. The van der Waals surface area contributed by atoms with Crippen molar-refractivity contribution in [2.45, 2.75) is 0 Å². The minimum absolute atomic E-state index is 0.609. The van der Waals surface area contributed by atoms with E-state index in [2.05, 4.69) is 127 Å². The smallest absolute Gasteiger partial charge is 0.164 e. The van der Waals surface area contributed by atoms with E-state index in [1.165, 1.54) is 0 Å². The van der Waals surface area contributed by atoms with Gasteiger partial charge in [-0.3, -0.25) is 0 Å². The van der Waals surface area contributed by atoms with E-state index in [1.807, 2.05) is 84.9 Å². The minimum atomic E-state index is 0.609. The van der Waals surface area contributed by atoms with E-state index in [-0.39, 0.29) is 0 Å². The molecule has 0 amide bonds. The van der Waals surface area contributed by atoms with Gasteiger partial charge in [-0.05, 0) is 52.6 Å². The number of hydrogen-bond donors (Lipinski definition) is 0. The van der Waals surface area contributed by atoms with E-state index in [9.17, 15) is 0 Å². The third-order valence-corrected chi connectivity index (χ3v) is 11.0. The lowest BCUT2D eigenvalue weighted by atomic mass is 9.99. The Bertz CT molecular complexity index is 3330. The van der Waals surface area contributed by atoms with Crippen molar-refractivity contribution in [1.29, 1.82) is 0 Å². The van der Waals surface area contributed by atoms with Gasteiger partial charge in [0.25, 0.3) is 0 Å². The van der Waals surface area contributed by atoms with Crippen LogP contribution in [0.4, 0.5) is 0 Å². The summed E-state index contributed by atoms with van der Waals surface area (Å²) in [5.41, 5.74) is 13.4. The third-order valence-electron chi connectivity index (χ3n) is 11.0. The number of rotatable bonds is 8. The second-order valence-electron chi connectivity index (χ2n) is 14.9. The maximum Gasteiger partial charge on any atom is 0.164 e. The number of hydrogen-bond acceptors (Lipinski definition) is 6. The van der Waals surface area contributed by atoms with Crippen molar-refractivity contribution < 1.29 is 4.42 Å². The molecule has 8 aromatic carbocycles. The van der Waals surface area contributed by atoms with Crippen LogP contribution in [-0.2, 0) is 0 Å². The van der Waals surface area contributed by atoms with Crippen LogP contribution in [0.25, 0.3) is 112 Å². The molecule has 0 spiro atoms. The first-order chi connectivity index (χ1) is 30.2. The molecule has 6 nitrogen and oxygen atoms in total. The normalized spacial score (nSPS) is 11.3. The fourth-order valence-electron chi connectivity index (χ4n) is 7.81. The van der Waals surface area contributed by atoms with Crippen molar-refractivity contribution in [3.63, 3.8) is 0 Å². The number of furan rings is 1. The summed E-state index contributed by atoms with van der Waals surface area (Å²) >= 11 is 0. The van der Waals surface area contributed by atoms with Crippen LogP contribution in [0.1, 0.15) is 0 Å². The predicted octanol–water partition coefficient (Wildman–Crippen LogP) is 13.9. The van der Waals surface area contributed by atoms with Gasteiger partial charge in [0.05, 0.1) is 11.4 Å². The average molecular weight is 782 g/mol. The second-order valence-corrected chi connectivity index (χ2v) is 14.9. The zero-order chi connectivity index (χ0) is 40.5. The Morgan fingerprint density at radius 1 is 0.230 bits per heavy atom. The van der Waals surface area contributed by atoms with Crippen LogP contribution in [0.3, 0.4) is 0 Å². The highest BCUT2D eigenvalue weighted by Crippen LogP contribution is 2.35. The quantitative estimate of drug-likeness (QED) is 0.153. The van der Waals surface area contributed by atoms with Crippen LogP contribution in [0.15, 0.2) is 217 Å². The molecule has 61 heavy (non-hydrogen) atoms. The Labute approximate surface area is 352 Å². The van der Waals surface area contributed by atoms with E-state index in [0.29, 0.717) is 23.3 Å². The Morgan fingerprint density at radius 2 is 0.639 bits per heavy atom. The molecule has 0 radical (unpaired) electrons. The molecule has 286 valence electrons. The van der Waals surface area contributed by atoms with Crippen molar-refractivity contribution in [2.75, 3.05) is 0 Å². The molecule has 6 heteroatoms. The van der Waals surface area contributed by atoms with Crippen molar-refractivity contribution in [3.05, 3.63) is 212 Å². The van der Waals surface area contributed by atoms with Gasteiger partial charge < -0.3 is 4.42 Å². The Morgan fingerprint density at radius 3 is 1.30 bits per heavy atom. The minimum Gasteiger partial charge on any atom is -0.456 e. The lowest BCUT2D eigenvalue weighted by Gasteiger charge is -2.11. The molecule has 11 rings (SSSR count). The van der Waals surface area contributed by atoms with Gasteiger partial charge >= 0.3 is 0 Å². The molecular formula is C55H35N5O. The zero-order valence-corrected chi connectivity index (χ0v) is 32.9. The first kappa shape index (κ1) is 35.8. The molecule has 0 aliphatic rings. The van der Waals surface area contributed by atoms with Gasteiger partial charge in [0.2, 0.25) is 0 Å². The highest BCUT2D eigenvalue weighted by Gasteiger charge is 2.16. The number of nitrogens with zero attached hydrogens (tertiary/aromatic N) is 5. The number of para-hydroxylation sites is 1. The summed E-state index contributed by atoms with van der Waals surface area (Å²) in [5, 5.41) is 2.18. The zero-order valence-electron chi connectivity index (χ0n) is 32.9. The van der Waals surface area contributed by atoms with Crippen LogP contribution in [-0.4, -0.2) is 24.9 Å². The highest BCUT2D eigenvalue weighted by atomic mass is 16.3. The summed E-state index contributed by atoms with van der Waals surface area (Å²) in [4.78, 5) is 25.1. The fourth-order valence-corrected chi connectivity index (χ4v) is 7.81. The van der Waals surface area contributed by atoms with Gasteiger partial charge in [-0.1, -0.05) is 182 Å². The van der Waals surface area contributed by atoms with Gasteiger partial charge in [-0.2, -0.15) is 0 Å². The molecule has 0 atom stereocenters. The van der Waals surface area contributed by atoms with Crippen molar-refractivity contribution in [1.82, 2.24) is 24.9 Å². The molecule has 0 saturated carbocycles. The van der Waals surface area contributed by atoms with Gasteiger partial charge in [0.15, 0.2) is 23.3 Å². The molecule has 0 N–H and O–H groups in total. The molecule has 0 fully saturated rings. The first-order valence-corrected chi connectivity index (χ1v) is 20.2. The largest absolute Gasteiger partial charge is 0.456 e. The van der Waals surface area contributed by atoms with Crippen molar-refractivity contribution >= 4 is 21.9 Å². The highest BCUT2D eigenvalue weighted by molar-refractivity contribution is 6.05. The van der Waals surface area contributed by atoms with Gasteiger partial charge in [-0.15, -0.1) is 0 Å². The Kier molecular flexibility index (Phi) is 9.06. The topological polar surface area (TPSA) is 77.6 Å². The van der Waals surface area contributed by atoms with Crippen LogP contribution >= 0.6 is 0 Å². The molecule has 0 saturated heterocycles. The van der Waals surface area contributed by atoms with Crippen molar-refractivity contribution in [2.24, 2.45) is 0 Å². The molecule has 3 aromatic heterocycles. The molecule has 0 aliphatic heterocycles. The maximum atomic E-state index is 6.25. The van der Waals surface area contributed by atoms with Crippen molar-refractivity contribution in [3.8, 4) is 90.3 Å². The lowest BCUT2D eigenvalue weighted by Crippen LogP contribution is -2.00. The standard InChI is InChI=1S/C55H35N5O/c1-4-13-36(14-5-1)37-25-29-42(30-26-37)54-58-53(41-17-8-3-9-18-41)59-55(60-54)45-20-12-19-43(33-45)38-23-27-39(28-24-38)48-35-49(57-52(56-48)40-15-6-2-7-16-40)44-31-32-47-46-21-10-11-22-50(46)61-51(47)34-44/h1-35H. The summed E-state index contributed by atoms with van der Waals surface area (Å²) in [7, 11) is 0. The molecule has 11 aromatic rings. The molecule has 0 bridgehead atoms. The molecule has 3 heterocycles. The number of aromatic nitrogens is 5. The van der Waals surface area contributed by atoms with E-state index >= 15 is 0 Å². The van der Waals surface area contributed by atoms with E-state index in [1.54, 1.807) is 0 Å². The molecule has 0 unspecified atom stereocenters. The molecular weight excluding hydrogens is 747 g/mol. The van der Waals surface area contributed by atoms with Gasteiger partial charge in [-0.25, -0.2) is 24.9 Å².